The standard InChI is InChI=1S/C15H22ClNO4S/c1-5-22(19,20)21-14-8-6-13(7-9-14)10-17(11(2)3)15(18)12(4)16/h6-9,11-12H,5,10H2,1-4H3/t12-/m0/s1. The van der Waals surface area contributed by atoms with Crippen LogP contribution in [-0.4, -0.2) is 36.4 Å². The summed E-state index contributed by atoms with van der Waals surface area (Å²) in [5, 5.41) is -0.584. The van der Waals surface area contributed by atoms with Gasteiger partial charge < -0.3 is 9.08 Å². The maximum Gasteiger partial charge on any atom is 0.308 e. The molecule has 1 aromatic carbocycles. The van der Waals surface area contributed by atoms with Gasteiger partial charge in [0.25, 0.3) is 0 Å². The third kappa shape index (κ3) is 5.50. The molecule has 5 nitrogen and oxygen atoms in total. The fourth-order valence-corrected chi connectivity index (χ4v) is 2.44. The number of amides is 1. The summed E-state index contributed by atoms with van der Waals surface area (Å²) in [4.78, 5) is 13.7. The number of halogens is 1. The van der Waals surface area contributed by atoms with E-state index < -0.39 is 15.5 Å². The third-order valence-electron chi connectivity index (χ3n) is 3.10. The van der Waals surface area contributed by atoms with Gasteiger partial charge in [0.15, 0.2) is 0 Å². The lowest BCUT2D eigenvalue weighted by molar-refractivity contribution is -0.132. The van der Waals surface area contributed by atoms with Crippen molar-refractivity contribution >= 4 is 27.6 Å². The first-order valence-corrected chi connectivity index (χ1v) is 9.13. The number of alkyl halides is 1. The summed E-state index contributed by atoms with van der Waals surface area (Å²) in [7, 11) is -3.53. The van der Waals surface area contributed by atoms with Gasteiger partial charge in [-0.1, -0.05) is 12.1 Å². The van der Waals surface area contributed by atoms with Gasteiger partial charge >= 0.3 is 10.1 Å². The van der Waals surface area contributed by atoms with E-state index in [0.29, 0.717) is 6.54 Å². The SMILES string of the molecule is CCS(=O)(=O)Oc1ccc(CN(C(=O)[C@H](C)Cl)C(C)C)cc1. The molecule has 0 aliphatic carbocycles. The van der Waals surface area contributed by atoms with Gasteiger partial charge in [0.1, 0.15) is 11.1 Å². The molecule has 22 heavy (non-hydrogen) atoms. The van der Waals surface area contributed by atoms with E-state index in [2.05, 4.69) is 0 Å². The Hall–Kier alpha value is -1.27. The van der Waals surface area contributed by atoms with Crippen molar-refractivity contribution < 1.29 is 17.4 Å². The van der Waals surface area contributed by atoms with Gasteiger partial charge in [0.2, 0.25) is 5.91 Å². The minimum atomic E-state index is -3.53. The van der Waals surface area contributed by atoms with E-state index in [1.807, 2.05) is 13.8 Å². The largest absolute Gasteiger partial charge is 0.382 e. The summed E-state index contributed by atoms with van der Waals surface area (Å²) >= 11 is 5.87. The molecule has 124 valence electrons. The number of carbonyl (C=O) groups is 1. The van der Waals surface area contributed by atoms with Crippen molar-refractivity contribution in [3.63, 3.8) is 0 Å². The summed E-state index contributed by atoms with van der Waals surface area (Å²) in [5.74, 6) is 0.0436. The predicted molar refractivity (Wildman–Crippen MR) is 87.5 cm³/mol. The minimum Gasteiger partial charge on any atom is -0.382 e. The highest BCUT2D eigenvalue weighted by Crippen LogP contribution is 2.17. The molecule has 1 atom stereocenters. The molecule has 0 aliphatic rings. The van der Waals surface area contributed by atoms with Crippen molar-refractivity contribution in [2.45, 2.75) is 45.7 Å². The van der Waals surface area contributed by atoms with Crippen LogP contribution in [-0.2, 0) is 21.5 Å². The van der Waals surface area contributed by atoms with Crippen LogP contribution in [0.25, 0.3) is 0 Å². The van der Waals surface area contributed by atoms with Gasteiger partial charge in [-0.05, 0) is 45.4 Å². The highest BCUT2D eigenvalue weighted by atomic mass is 35.5. The molecule has 1 aromatic rings. The highest BCUT2D eigenvalue weighted by molar-refractivity contribution is 7.87. The number of hydrogen-bond donors (Lipinski definition) is 0. The van der Waals surface area contributed by atoms with E-state index in [-0.39, 0.29) is 23.5 Å². The molecule has 0 saturated carbocycles. The van der Waals surface area contributed by atoms with Gasteiger partial charge in [-0.15, -0.1) is 11.6 Å². The number of rotatable bonds is 7. The second kappa shape index (κ2) is 7.83. The van der Waals surface area contributed by atoms with E-state index in [9.17, 15) is 13.2 Å². The first-order valence-electron chi connectivity index (χ1n) is 7.12. The topological polar surface area (TPSA) is 63.7 Å². The molecule has 1 rings (SSSR count). The van der Waals surface area contributed by atoms with Gasteiger partial charge in [-0.25, -0.2) is 0 Å². The minimum absolute atomic E-state index is 0.0186. The number of carbonyl (C=O) groups excluding carboxylic acids is 1. The van der Waals surface area contributed by atoms with E-state index >= 15 is 0 Å². The average molecular weight is 348 g/mol. The van der Waals surface area contributed by atoms with Crippen LogP contribution in [0.1, 0.15) is 33.3 Å². The van der Waals surface area contributed by atoms with Crippen LogP contribution in [0.3, 0.4) is 0 Å². The van der Waals surface area contributed by atoms with Crippen LogP contribution in [0.5, 0.6) is 5.75 Å². The molecule has 0 fully saturated rings. The lowest BCUT2D eigenvalue weighted by Gasteiger charge is -2.28. The Morgan fingerprint density at radius 1 is 1.23 bits per heavy atom. The summed E-state index contributed by atoms with van der Waals surface area (Å²) < 4.78 is 27.7. The Labute approximate surface area is 137 Å². The summed E-state index contributed by atoms with van der Waals surface area (Å²) in [6, 6.07) is 6.65. The Balaban J connectivity index is 2.84. The second-order valence-corrected chi connectivity index (χ2v) is 7.76. The molecule has 0 aromatic heterocycles. The smallest absolute Gasteiger partial charge is 0.308 e. The van der Waals surface area contributed by atoms with Gasteiger partial charge in [0.05, 0.1) is 5.75 Å². The van der Waals surface area contributed by atoms with E-state index in [4.69, 9.17) is 15.8 Å². The van der Waals surface area contributed by atoms with Crippen LogP contribution in [0, 0.1) is 0 Å². The molecule has 0 N–H and O–H groups in total. The monoisotopic (exact) mass is 347 g/mol. The van der Waals surface area contributed by atoms with Crippen LogP contribution < -0.4 is 4.18 Å². The van der Waals surface area contributed by atoms with Crippen molar-refractivity contribution in [1.82, 2.24) is 4.90 Å². The fourth-order valence-electron chi connectivity index (χ4n) is 1.80. The second-order valence-electron chi connectivity index (χ2n) is 5.25. The number of nitrogens with zero attached hydrogens (tertiary/aromatic N) is 1. The first-order chi connectivity index (χ1) is 10.2. The molecule has 0 saturated heterocycles. The van der Waals surface area contributed by atoms with Crippen LogP contribution in [0.15, 0.2) is 24.3 Å². The molecule has 0 aliphatic heterocycles. The lowest BCUT2D eigenvalue weighted by Crippen LogP contribution is -2.40. The van der Waals surface area contributed by atoms with Crippen molar-refractivity contribution in [2.75, 3.05) is 5.75 Å². The van der Waals surface area contributed by atoms with Gasteiger partial charge in [-0.2, -0.15) is 8.42 Å². The van der Waals surface area contributed by atoms with Crippen molar-refractivity contribution in [3.05, 3.63) is 29.8 Å². The van der Waals surface area contributed by atoms with Gasteiger partial charge in [0, 0.05) is 12.6 Å². The number of hydrogen-bond acceptors (Lipinski definition) is 4. The van der Waals surface area contributed by atoms with Crippen LogP contribution >= 0.6 is 11.6 Å². The maximum absolute atomic E-state index is 12.1. The predicted octanol–water partition coefficient (Wildman–Crippen LogP) is 2.78. The van der Waals surface area contributed by atoms with Crippen molar-refractivity contribution in [3.8, 4) is 5.75 Å². The summed E-state index contributed by atoms with van der Waals surface area (Å²) in [6.45, 7) is 7.41. The zero-order valence-electron chi connectivity index (χ0n) is 13.2. The van der Waals surface area contributed by atoms with E-state index in [1.165, 1.54) is 6.92 Å². The molecule has 0 heterocycles. The molecule has 1 amide bonds. The zero-order chi connectivity index (χ0) is 16.9. The Morgan fingerprint density at radius 2 is 1.77 bits per heavy atom. The Morgan fingerprint density at radius 3 is 2.18 bits per heavy atom. The molecular formula is C15H22ClNO4S. The highest BCUT2D eigenvalue weighted by Gasteiger charge is 2.21. The molecule has 0 bridgehead atoms. The Bertz CT molecular complexity index is 596. The van der Waals surface area contributed by atoms with E-state index in [0.717, 1.165) is 5.56 Å². The molecule has 0 radical (unpaired) electrons. The first kappa shape index (κ1) is 18.8. The van der Waals surface area contributed by atoms with Crippen LogP contribution in [0.2, 0.25) is 0 Å². The fraction of sp³-hybridized carbons (Fsp3) is 0.533. The molecular weight excluding hydrogens is 326 g/mol. The van der Waals surface area contributed by atoms with Gasteiger partial charge in [-0.3, -0.25) is 4.79 Å². The maximum atomic E-state index is 12.1. The van der Waals surface area contributed by atoms with Crippen LogP contribution in [0.4, 0.5) is 0 Å². The molecule has 7 heteroatoms. The summed E-state index contributed by atoms with van der Waals surface area (Å²) in [6.07, 6.45) is 0. The number of benzene rings is 1. The normalized spacial score (nSPS) is 13.0. The zero-order valence-corrected chi connectivity index (χ0v) is 14.8. The average Bonchev–Trinajstić information content (AvgIpc) is 2.45. The quantitative estimate of drug-likeness (QED) is 0.562. The third-order valence-corrected chi connectivity index (χ3v) is 4.44. The van der Waals surface area contributed by atoms with Crippen molar-refractivity contribution in [2.24, 2.45) is 0 Å². The summed E-state index contributed by atoms with van der Waals surface area (Å²) in [5.41, 5.74) is 0.876. The van der Waals surface area contributed by atoms with Crippen molar-refractivity contribution in [1.29, 1.82) is 0 Å². The van der Waals surface area contributed by atoms with E-state index in [1.54, 1.807) is 36.1 Å². The Kier molecular flexibility index (Phi) is 6.68. The molecule has 0 unspecified atom stereocenters. The lowest BCUT2D eigenvalue weighted by atomic mass is 10.1. The molecule has 0 spiro atoms.